The predicted molar refractivity (Wildman–Crippen MR) is 131 cm³/mol. The molecule has 0 aliphatic heterocycles. The van der Waals surface area contributed by atoms with Crippen molar-refractivity contribution < 1.29 is 18.3 Å². The van der Waals surface area contributed by atoms with Gasteiger partial charge >= 0.3 is 0 Å². The fourth-order valence-electron chi connectivity index (χ4n) is 3.65. The van der Waals surface area contributed by atoms with Crippen molar-refractivity contribution in [2.75, 3.05) is 10.8 Å². The number of para-hydroxylation sites is 1. The summed E-state index contributed by atoms with van der Waals surface area (Å²) >= 11 is 0. The van der Waals surface area contributed by atoms with Crippen LogP contribution in [0.2, 0.25) is 0 Å². The van der Waals surface area contributed by atoms with Gasteiger partial charge in [0.15, 0.2) is 5.69 Å². The summed E-state index contributed by atoms with van der Waals surface area (Å²) in [4.78, 5) is 12.9. The molecule has 0 bridgehead atoms. The maximum Gasteiger partial charge on any atom is 0.285 e. The number of carbonyl (C=O) groups is 1. The van der Waals surface area contributed by atoms with Gasteiger partial charge in [0, 0.05) is 12.4 Å². The van der Waals surface area contributed by atoms with E-state index in [1.165, 1.54) is 16.7 Å². The third-order valence-electron chi connectivity index (χ3n) is 5.49. The number of fused-ring (bicyclic) bond motifs is 1. The average molecular weight is 477 g/mol. The highest BCUT2D eigenvalue weighted by Crippen LogP contribution is 2.37. The van der Waals surface area contributed by atoms with E-state index in [1.807, 2.05) is 32.0 Å². The summed E-state index contributed by atoms with van der Waals surface area (Å²) in [6.07, 6.45) is 0. The number of anilines is 1. The Morgan fingerprint density at radius 3 is 2.38 bits per heavy atom. The van der Waals surface area contributed by atoms with Crippen LogP contribution >= 0.6 is 0 Å². The molecule has 9 heteroatoms. The highest BCUT2D eigenvalue weighted by molar-refractivity contribution is 7.92. The molecule has 0 saturated heterocycles. The summed E-state index contributed by atoms with van der Waals surface area (Å²) < 4.78 is 29.5. The highest BCUT2D eigenvalue weighted by Gasteiger charge is 2.27. The first kappa shape index (κ1) is 23.2. The molecule has 0 saturated carbocycles. The van der Waals surface area contributed by atoms with E-state index in [2.05, 4.69) is 10.2 Å². The van der Waals surface area contributed by atoms with E-state index in [0.717, 1.165) is 20.9 Å². The monoisotopic (exact) mass is 476 g/mol. The normalized spacial score (nSPS) is 11.9. The molecule has 1 amide bonds. The molecule has 0 fully saturated rings. The van der Waals surface area contributed by atoms with E-state index in [0.29, 0.717) is 11.1 Å². The standard InChI is InChI=1S/C25H24N4O4S/c1-17-11-13-20(14-12-17)34(32,33)29(19-8-6-7-18(2)15-19)16-23(30)26-27-24-21-9-4-5-10-22(21)28(3)25(24)31/h4-15,31H,16H2,1-3H3. The van der Waals surface area contributed by atoms with Crippen molar-refractivity contribution in [1.82, 2.24) is 4.57 Å². The fraction of sp³-hybridized carbons (Fsp3) is 0.160. The summed E-state index contributed by atoms with van der Waals surface area (Å²) in [5.74, 6) is -0.912. The molecule has 0 radical (unpaired) electrons. The highest BCUT2D eigenvalue weighted by atomic mass is 32.2. The van der Waals surface area contributed by atoms with Gasteiger partial charge in [-0.1, -0.05) is 48.0 Å². The summed E-state index contributed by atoms with van der Waals surface area (Å²) in [5, 5.41) is 18.7. The Labute approximate surface area is 197 Å². The maximum absolute atomic E-state index is 13.5. The Morgan fingerprint density at radius 1 is 0.971 bits per heavy atom. The molecular formula is C25H24N4O4S. The number of hydrogen-bond acceptors (Lipinski definition) is 5. The van der Waals surface area contributed by atoms with Gasteiger partial charge in [-0.25, -0.2) is 8.42 Å². The van der Waals surface area contributed by atoms with Crippen LogP contribution < -0.4 is 4.31 Å². The number of carbonyl (C=O) groups excluding carboxylic acids is 1. The molecule has 34 heavy (non-hydrogen) atoms. The molecule has 4 aromatic rings. The summed E-state index contributed by atoms with van der Waals surface area (Å²) in [6.45, 7) is 3.15. The second-order valence-corrected chi connectivity index (χ2v) is 9.87. The molecule has 4 rings (SSSR count). The maximum atomic E-state index is 13.5. The molecule has 0 atom stereocenters. The number of aromatic nitrogens is 1. The summed E-state index contributed by atoms with van der Waals surface area (Å²) in [5.41, 5.74) is 2.98. The van der Waals surface area contributed by atoms with Gasteiger partial charge in [0.2, 0.25) is 5.88 Å². The van der Waals surface area contributed by atoms with Gasteiger partial charge in [-0.15, -0.1) is 10.2 Å². The van der Waals surface area contributed by atoms with Crippen LogP contribution in [0.5, 0.6) is 5.88 Å². The number of rotatable bonds is 6. The van der Waals surface area contributed by atoms with Gasteiger partial charge in [-0.3, -0.25) is 9.10 Å². The van der Waals surface area contributed by atoms with E-state index >= 15 is 0 Å². The predicted octanol–water partition coefficient (Wildman–Crippen LogP) is 5.01. The Balaban J connectivity index is 1.69. The van der Waals surface area contributed by atoms with Crippen molar-refractivity contribution in [3.63, 3.8) is 0 Å². The molecule has 1 N–H and O–H groups in total. The average Bonchev–Trinajstić information content (AvgIpc) is 3.06. The quantitative estimate of drug-likeness (QED) is 0.395. The lowest BCUT2D eigenvalue weighted by Crippen LogP contribution is -2.35. The largest absolute Gasteiger partial charge is 0.493 e. The van der Waals surface area contributed by atoms with Crippen LogP contribution in [0.4, 0.5) is 11.4 Å². The van der Waals surface area contributed by atoms with Crippen LogP contribution in [-0.2, 0) is 21.9 Å². The lowest BCUT2D eigenvalue weighted by Gasteiger charge is -2.23. The summed E-state index contributed by atoms with van der Waals surface area (Å²) in [7, 11) is -2.37. The van der Waals surface area contributed by atoms with Crippen LogP contribution in [0, 0.1) is 13.8 Å². The lowest BCUT2D eigenvalue weighted by atomic mass is 10.2. The molecule has 8 nitrogen and oxygen atoms in total. The fourth-order valence-corrected chi connectivity index (χ4v) is 5.06. The first-order valence-corrected chi connectivity index (χ1v) is 12.0. The Bertz CT molecular complexity index is 1510. The number of aryl methyl sites for hydroxylation is 3. The van der Waals surface area contributed by atoms with Crippen LogP contribution in [0.15, 0.2) is 87.9 Å². The zero-order valence-electron chi connectivity index (χ0n) is 19.0. The Hall–Kier alpha value is -3.98. The van der Waals surface area contributed by atoms with Gasteiger partial charge in [0.25, 0.3) is 15.9 Å². The van der Waals surface area contributed by atoms with Gasteiger partial charge in [0.1, 0.15) is 6.54 Å². The molecule has 1 aromatic heterocycles. The van der Waals surface area contributed by atoms with Crippen molar-refractivity contribution in [2.24, 2.45) is 17.3 Å². The zero-order chi connectivity index (χ0) is 24.5. The second-order valence-electron chi connectivity index (χ2n) is 8.01. The van der Waals surface area contributed by atoms with Gasteiger partial charge in [-0.05, 0) is 49.7 Å². The van der Waals surface area contributed by atoms with E-state index < -0.39 is 22.5 Å². The minimum Gasteiger partial charge on any atom is -0.493 e. The summed E-state index contributed by atoms with van der Waals surface area (Å²) in [6, 6.07) is 20.5. The van der Waals surface area contributed by atoms with Gasteiger partial charge < -0.3 is 9.67 Å². The van der Waals surface area contributed by atoms with Crippen LogP contribution in [-0.4, -0.2) is 30.5 Å². The molecule has 1 heterocycles. The second kappa shape index (κ2) is 9.11. The SMILES string of the molecule is Cc1ccc(S(=O)(=O)N(CC(=O)N=Nc2c(O)n(C)c3ccccc23)c2cccc(C)c2)cc1. The number of amides is 1. The number of azo groups is 1. The van der Waals surface area contributed by atoms with Crippen molar-refractivity contribution in [2.45, 2.75) is 18.7 Å². The molecule has 3 aromatic carbocycles. The van der Waals surface area contributed by atoms with E-state index in [4.69, 9.17) is 0 Å². The number of hydrogen-bond donors (Lipinski definition) is 1. The number of aromatic hydroxyl groups is 1. The van der Waals surface area contributed by atoms with E-state index in [1.54, 1.807) is 49.5 Å². The van der Waals surface area contributed by atoms with Crippen molar-refractivity contribution in [1.29, 1.82) is 0 Å². The third kappa shape index (κ3) is 4.42. The minimum absolute atomic E-state index is 0.0658. The first-order valence-electron chi connectivity index (χ1n) is 10.6. The van der Waals surface area contributed by atoms with Gasteiger partial charge in [-0.2, -0.15) is 0 Å². The van der Waals surface area contributed by atoms with Crippen LogP contribution in [0.3, 0.4) is 0 Å². The van der Waals surface area contributed by atoms with E-state index in [9.17, 15) is 18.3 Å². The van der Waals surface area contributed by atoms with E-state index in [-0.39, 0.29) is 16.5 Å². The minimum atomic E-state index is -4.05. The molecule has 0 spiro atoms. The van der Waals surface area contributed by atoms with Crippen LogP contribution in [0.1, 0.15) is 11.1 Å². The Kier molecular flexibility index (Phi) is 6.21. The zero-order valence-corrected chi connectivity index (χ0v) is 19.8. The first-order chi connectivity index (χ1) is 16.2. The number of benzene rings is 3. The number of sulfonamides is 1. The van der Waals surface area contributed by atoms with Crippen LogP contribution in [0.25, 0.3) is 10.9 Å². The molecule has 0 aliphatic rings. The smallest absolute Gasteiger partial charge is 0.285 e. The van der Waals surface area contributed by atoms with Crippen molar-refractivity contribution in [3.8, 4) is 5.88 Å². The molecule has 0 unspecified atom stereocenters. The lowest BCUT2D eigenvalue weighted by molar-refractivity contribution is -0.116. The topological polar surface area (TPSA) is 104 Å². The third-order valence-corrected chi connectivity index (χ3v) is 7.28. The Morgan fingerprint density at radius 2 is 1.68 bits per heavy atom. The van der Waals surface area contributed by atoms with Crippen molar-refractivity contribution in [3.05, 3.63) is 83.9 Å². The molecule has 174 valence electrons. The van der Waals surface area contributed by atoms with Crippen molar-refractivity contribution >= 4 is 38.2 Å². The number of nitrogens with zero attached hydrogens (tertiary/aromatic N) is 4. The molecular weight excluding hydrogens is 452 g/mol. The van der Waals surface area contributed by atoms with Gasteiger partial charge in [0.05, 0.1) is 16.1 Å². The molecule has 0 aliphatic carbocycles.